The fraction of sp³-hybridized carbons (Fsp3) is 0.333. The molecule has 3 rings (SSSR count). The van der Waals surface area contributed by atoms with Crippen LogP contribution in [0.2, 0.25) is 0 Å². The number of nitro groups is 1. The largest absolute Gasteiger partial charge is 0.398 e. The Morgan fingerprint density at radius 1 is 1.42 bits per heavy atom. The van der Waals surface area contributed by atoms with Crippen molar-refractivity contribution in [3.05, 3.63) is 34.1 Å². The van der Waals surface area contributed by atoms with Crippen molar-refractivity contribution in [2.45, 2.75) is 25.8 Å². The Bertz CT molecular complexity index is 660. The zero-order chi connectivity index (χ0) is 13.6. The lowest BCUT2D eigenvalue weighted by atomic mass is 10.1. The van der Waals surface area contributed by atoms with Gasteiger partial charge in [0.15, 0.2) is 5.82 Å². The molecule has 1 aliphatic rings. The highest BCUT2D eigenvalue weighted by molar-refractivity contribution is 5.74. The lowest BCUT2D eigenvalue weighted by molar-refractivity contribution is -0.384. The number of nitro benzene ring substituents is 1. The van der Waals surface area contributed by atoms with Crippen LogP contribution in [0.25, 0.3) is 11.4 Å². The molecule has 2 aromatic rings. The third kappa shape index (κ3) is 1.92. The summed E-state index contributed by atoms with van der Waals surface area (Å²) in [7, 11) is 0. The molecule has 19 heavy (non-hydrogen) atoms. The second kappa shape index (κ2) is 4.04. The van der Waals surface area contributed by atoms with E-state index in [9.17, 15) is 10.1 Å². The number of nitrogen functional groups attached to an aromatic ring is 1. The normalized spacial score (nSPS) is 14.6. The molecule has 0 saturated heterocycles. The van der Waals surface area contributed by atoms with Crippen LogP contribution in [0.5, 0.6) is 0 Å². The number of aryl methyl sites for hydroxylation is 1. The second-order valence-corrected chi connectivity index (χ2v) is 4.70. The van der Waals surface area contributed by atoms with Gasteiger partial charge >= 0.3 is 0 Å². The highest BCUT2D eigenvalue weighted by atomic mass is 16.6. The third-order valence-corrected chi connectivity index (χ3v) is 3.27. The van der Waals surface area contributed by atoms with Crippen LogP contribution in [0, 0.1) is 17.0 Å². The summed E-state index contributed by atoms with van der Waals surface area (Å²) < 4.78 is 2.05. The molecule has 98 valence electrons. The highest BCUT2D eigenvalue weighted by Crippen LogP contribution is 2.40. The van der Waals surface area contributed by atoms with Crippen molar-refractivity contribution >= 4 is 11.4 Å². The number of aromatic nitrogens is 3. The lowest BCUT2D eigenvalue weighted by Crippen LogP contribution is -2.02. The van der Waals surface area contributed by atoms with E-state index in [1.165, 1.54) is 12.1 Å². The quantitative estimate of drug-likeness (QED) is 0.516. The summed E-state index contributed by atoms with van der Waals surface area (Å²) in [5, 5.41) is 18.9. The Hall–Kier alpha value is -2.44. The molecule has 7 heteroatoms. The number of hydrogen-bond acceptors (Lipinski definition) is 5. The Morgan fingerprint density at radius 3 is 2.74 bits per heavy atom. The first-order valence-electron chi connectivity index (χ1n) is 6.03. The van der Waals surface area contributed by atoms with Crippen LogP contribution in [0.3, 0.4) is 0 Å². The van der Waals surface area contributed by atoms with E-state index in [0.29, 0.717) is 23.1 Å². The maximum Gasteiger partial charge on any atom is 0.271 e. The van der Waals surface area contributed by atoms with Gasteiger partial charge in [0.1, 0.15) is 5.82 Å². The van der Waals surface area contributed by atoms with Crippen molar-refractivity contribution in [1.82, 2.24) is 14.8 Å². The van der Waals surface area contributed by atoms with Gasteiger partial charge in [0.2, 0.25) is 0 Å². The van der Waals surface area contributed by atoms with Gasteiger partial charge in [-0.3, -0.25) is 10.1 Å². The van der Waals surface area contributed by atoms with Gasteiger partial charge in [0, 0.05) is 29.4 Å². The van der Waals surface area contributed by atoms with E-state index in [0.717, 1.165) is 18.7 Å². The van der Waals surface area contributed by atoms with Gasteiger partial charge in [-0.25, -0.2) is 0 Å². The van der Waals surface area contributed by atoms with E-state index in [2.05, 4.69) is 14.8 Å². The third-order valence-electron chi connectivity index (χ3n) is 3.27. The minimum Gasteiger partial charge on any atom is -0.398 e. The fourth-order valence-corrected chi connectivity index (χ4v) is 2.19. The van der Waals surface area contributed by atoms with Gasteiger partial charge in [0.05, 0.1) is 4.92 Å². The lowest BCUT2D eigenvalue weighted by Gasteiger charge is -2.08. The van der Waals surface area contributed by atoms with Crippen molar-refractivity contribution < 1.29 is 4.92 Å². The van der Waals surface area contributed by atoms with Crippen LogP contribution in [0.1, 0.15) is 24.7 Å². The van der Waals surface area contributed by atoms with Crippen LogP contribution < -0.4 is 5.73 Å². The molecule has 1 heterocycles. The van der Waals surface area contributed by atoms with E-state index in [1.807, 2.05) is 6.92 Å². The molecule has 0 unspecified atom stereocenters. The SMILES string of the molecule is Cc1nnc(-c2ccc([N+](=O)[O-])cc2N)n1C1CC1. The summed E-state index contributed by atoms with van der Waals surface area (Å²) in [6.45, 7) is 1.90. The molecule has 0 amide bonds. The van der Waals surface area contributed by atoms with Crippen molar-refractivity contribution in [1.29, 1.82) is 0 Å². The number of non-ortho nitro benzene ring substituents is 1. The molecule has 0 atom stereocenters. The van der Waals surface area contributed by atoms with Crippen LogP contribution in [0.15, 0.2) is 18.2 Å². The van der Waals surface area contributed by atoms with E-state index in [4.69, 9.17) is 5.73 Å². The van der Waals surface area contributed by atoms with Crippen molar-refractivity contribution in [2.24, 2.45) is 0 Å². The molecule has 1 fully saturated rings. The maximum atomic E-state index is 10.7. The first kappa shape index (κ1) is 11.6. The molecule has 0 spiro atoms. The first-order chi connectivity index (χ1) is 9.08. The van der Waals surface area contributed by atoms with Gasteiger partial charge < -0.3 is 10.3 Å². The average Bonchev–Trinajstić information content (AvgIpc) is 3.13. The van der Waals surface area contributed by atoms with Gasteiger partial charge in [-0.15, -0.1) is 10.2 Å². The predicted octanol–water partition coefficient (Wildman–Crippen LogP) is 2.08. The van der Waals surface area contributed by atoms with E-state index >= 15 is 0 Å². The van der Waals surface area contributed by atoms with Gasteiger partial charge in [-0.05, 0) is 25.8 Å². The predicted molar refractivity (Wildman–Crippen MR) is 69.5 cm³/mol. The Labute approximate surface area is 109 Å². The Kier molecular flexibility index (Phi) is 2.48. The molecule has 0 aliphatic heterocycles. The molecule has 1 aliphatic carbocycles. The fourth-order valence-electron chi connectivity index (χ4n) is 2.19. The molecule has 0 radical (unpaired) electrons. The molecule has 1 saturated carbocycles. The van der Waals surface area contributed by atoms with Crippen LogP contribution in [-0.4, -0.2) is 19.7 Å². The molecule has 7 nitrogen and oxygen atoms in total. The first-order valence-corrected chi connectivity index (χ1v) is 6.03. The number of anilines is 1. The van der Waals surface area contributed by atoms with Crippen molar-refractivity contribution in [2.75, 3.05) is 5.73 Å². The maximum absolute atomic E-state index is 10.7. The van der Waals surface area contributed by atoms with Crippen molar-refractivity contribution in [3.8, 4) is 11.4 Å². The van der Waals surface area contributed by atoms with Gasteiger partial charge in [0.25, 0.3) is 5.69 Å². The van der Waals surface area contributed by atoms with Gasteiger partial charge in [-0.1, -0.05) is 0 Å². The Morgan fingerprint density at radius 2 is 2.16 bits per heavy atom. The summed E-state index contributed by atoms with van der Waals surface area (Å²) in [5.74, 6) is 1.53. The zero-order valence-corrected chi connectivity index (χ0v) is 10.4. The average molecular weight is 259 g/mol. The van der Waals surface area contributed by atoms with Crippen LogP contribution in [-0.2, 0) is 0 Å². The number of nitrogens with zero attached hydrogens (tertiary/aromatic N) is 4. The van der Waals surface area contributed by atoms with Crippen LogP contribution in [0.4, 0.5) is 11.4 Å². The molecular weight excluding hydrogens is 246 g/mol. The van der Waals surface area contributed by atoms with Gasteiger partial charge in [-0.2, -0.15) is 0 Å². The summed E-state index contributed by atoms with van der Waals surface area (Å²) >= 11 is 0. The summed E-state index contributed by atoms with van der Waals surface area (Å²) in [5.41, 5.74) is 6.93. The molecular formula is C12H13N5O2. The minimum atomic E-state index is -0.461. The highest BCUT2D eigenvalue weighted by Gasteiger charge is 2.29. The van der Waals surface area contributed by atoms with Crippen LogP contribution >= 0.6 is 0 Å². The summed E-state index contributed by atoms with van der Waals surface area (Å²) in [6, 6.07) is 4.86. The monoisotopic (exact) mass is 259 g/mol. The second-order valence-electron chi connectivity index (χ2n) is 4.70. The van der Waals surface area contributed by atoms with E-state index < -0.39 is 4.92 Å². The minimum absolute atomic E-state index is 0.0181. The number of rotatable bonds is 3. The zero-order valence-electron chi connectivity index (χ0n) is 10.4. The molecule has 0 bridgehead atoms. The smallest absolute Gasteiger partial charge is 0.271 e. The van der Waals surface area contributed by atoms with E-state index in [1.54, 1.807) is 6.07 Å². The molecule has 1 aromatic carbocycles. The number of benzene rings is 1. The summed E-state index contributed by atoms with van der Waals surface area (Å²) in [4.78, 5) is 10.2. The topological polar surface area (TPSA) is 99.9 Å². The summed E-state index contributed by atoms with van der Waals surface area (Å²) in [6.07, 6.45) is 2.22. The Balaban J connectivity index is 2.09. The number of hydrogen-bond donors (Lipinski definition) is 1. The van der Waals surface area contributed by atoms with E-state index in [-0.39, 0.29) is 5.69 Å². The molecule has 2 N–H and O–H groups in total. The standard InChI is InChI=1S/C12H13N5O2/c1-7-14-15-12(16(7)8-2-3-8)10-5-4-9(17(18)19)6-11(10)13/h4-6,8H,2-3,13H2,1H3. The number of nitrogens with two attached hydrogens (primary N) is 1. The van der Waals surface area contributed by atoms with Crippen molar-refractivity contribution in [3.63, 3.8) is 0 Å². The molecule has 1 aromatic heterocycles.